The van der Waals surface area contributed by atoms with E-state index in [2.05, 4.69) is 48.5 Å². The Morgan fingerprint density at radius 3 is 2.45 bits per heavy atom. The van der Waals surface area contributed by atoms with Gasteiger partial charge in [-0.3, -0.25) is 0 Å². The van der Waals surface area contributed by atoms with Gasteiger partial charge in [0, 0.05) is 44.0 Å². The Kier molecular flexibility index (Phi) is 9.26. The summed E-state index contributed by atoms with van der Waals surface area (Å²) < 4.78 is 45.8. The second-order valence-electron chi connectivity index (χ2n) is 9.49. The number of anilines is 4. The van der Waals surface area contributed by atoms with Crippen LogP contribution < -0.4 is 26.0 Å². The fourth-order valence-electron chi connectivity index (χ4n) is 4.28. The molecule has 2 heterocycles. The van der Waals surface area contributed by atoms with E-state index >= 15 is 0 Å². The number of ether oxygens (including phenoxy) is 1. The van der Waals surface area contributed by atoms with Crippen LogP contribution in [0.15, 0.2) is 53.6 Å². The first-order valence-corrected chi connectivity index (χ1v) is 17.3. The molecule has 0 bridgehead atoms. The van der Waals surface area contributed by atoms with E-state index in [1.165, 1.54) is 7.11 Å². The molecule has 0 spiro atoms. The number of amides is 2. The summed E-state index contributed by atoms with van der Waals surface area (Å²) in [6.07, 6.45) is 2.43. The van der Waals surface area contributed by atoms with Crippen LogP contribution in [0.1, 0.15) is 13.8 Å². The highest BCUT2D eigenvalue weighted by Crippen LogP contribution is 2.47. The number of hydrogen-bond donors (Lipinski definition) is 3. The first kappa shape index (κ1) is 30.1. The largest absolute Gasteiger partial charge is 0.495 e. The molecule has 4 rings (SSSR count). The Hall–Kier alpha value is -2.90. The summed E-state index contributed by atoms with van der Waals surface area (Å²) in [6.45, 7) is 4.14. The number of carbonyl (C=O) groups is 1. The second-order valence-corrected chi connectivity index (χ2v) is 16.3. The Balaban J connectivity index is 1.57. The lowest BCUT2D eigenvalue weighted by Crippen LogP contribution is -2.45. The third-order valence-corrected chi connectivity index (χ3v) is 12.7. The van der Waals surface area contributed by atoms with Crippen LogP contribution in [-0.2, 0) is 14.4 Å². The van der Waals surface area contributed by atoms with Gasteiger partial charge in [-0.25, -0.2) is 18.2 Å². The van der Waals surface area contributed by atoms with Crippen molar-refractivity contribution in [3.63, 3.8) is 0 Å². The molecule has 11 nitrogen and oxygen atoms in total. The molecule has 0 atom stereocenters. The fourth-order valence-corrected chi connectivity index (χ4v) is 8.44. The summed E-state index contributed by atoms with van der Waals surface area (Å²) in [7, 11) is -3.10. The molecule has 0 saturated carbocycles. The summed E-state index contributed by atoms with van der Waals surface area (Å²) in [4.78, 5) is 22.7. The van der Waals surface area contributed by atoms with Crippen molar-refractivity contribution in [2.24, 2.45) is 0 Å². The summed E-state index contributed by atoms with van der Waals surface area (Å²) in [6, 6.07) is 11.9. The number of methoxy groups -OCH3 is 1. The van der Waals surface area contributed by atoms with Crippen molar-refractivity contribution in [3.8, 4) is 5.75 Å². The molecule has 2 aromatic carbocycles. The van der Waals surface area contributed by atoms with Gasteiger partial charge in [0.25, 0.3) is 0 Å². The molecular weight excluding hydrogens is 666 g/mol. The van der Waals surface area contributed by atoms with Gasteiger partial charge in [0.1, 0.15) is 18.7 Å². The zero-order chi connectivity index (χ0) is 29.1. The number of nitrogens with one attached hydrogen (secondary N) is 3. The molecule has 1 saturated heterocycles. The van der Waals surface area contributed by atoms with Gasteiger partial charge in [-0.1, -0.05) is 12.1 Å². The molecule has 214 valence electrons. The van der Waals surface area contributed by atoms with E-state index in [4.69, 9.17) is 4.74 Å². The lowest BCUT2D eigenvalue weighted by atomic mass is 10.3. The van der Waals surface area contributed by atoms with Gasteiger partial charge in [0.05, 0.1) is 32.2 Å². The Labute approximate surface area is 247 Å². The van der Waals surface area contributed by atoms with E-state index in [0.29, 0.717) is 57.2 Å². The number of halogens is 1. The zero-order valence-corrected chi connectivity index (χ0v) is 26.5. The number of carbonyl (C=O) groups excluding carboxylic acids is 1. The Morgan fingerprint density at radius 2 is 1.80 bits per heavy atom. The quantitative estimate of drug-likeness (QED) is 0.231. The van der Waals surface area contributed by atoms with E-state index in [1.807, 2.05) is 0 Å². The van der Waals surface area contributed by atoms with Crippen LogP contribution in [0.25, 0.3) is 0 Å². The molecule has 1 aliphatic rings. The van der Waals surface area contributed by atoms with Gasteiger partial charge in [-0.15, -0.1) is 0 Å². The van der Waals surface area contributed by atoms with Crippen molar-refractivity contribution < 1.29 is 22.5 Å². The number of urea groups is 1. The van der Waals surface area contributed by atoms with Crippen molar-refractivity contribution in [3.05, 3.63) is 52.2 Å². The maximum absolute atomic E-state index is 13.7. The molecular formula is C26H32IN6O5PS. The van der Waals surface area contributed by atoms with Crippen molar-refractivity contribution >= 4 is 74.0 Å². The molecule has 3 N–H and O–H groups in total. The van der Waals surface area contributed by atoms with Crippen LogP contribution in [-0.4, -0.2) is 74.1 Å². The first-order valence-electron chi connectivity index (χ1n) is 12.6. The predicted octanol–water partition coefficient (Wildman–Crippen LogP) is 4.40. The highest BCUT2D eigenvalue weighted by atomic mass is 127. The third kappa shape index (κ3) is 6.36. The zero-order valence-electron chi connectivity index (χ0n) is 22.6. The number of nitrogens with zero attached hydrogens (tertiary/aromatic N) is 3. The smallest absolute Gasteiger partial charge is 0.317 e. The topological polar surface area (TPSA) is 143 Å². The minimum atomic E-state index is -3.52. The molecule has 1 aromatic heterocycles. The summed E-state index contributed by atoms with van der Waals surface area (Å²) in [5.74, 6) is 1.18. The first-order chi connectivity index (χ1) is 19.0. The second kappa shape index (κ2) is 12.3. The Bertz CT molecular complexity index is 1560. The van der Waals surface area contributed by atoms with Crippen molar-refractivity contribution in [2.45, 2.75) is 24.0 Å². The molecule has 1 fully saturated rings. The Morgan fingerprint density at radius 1 is 1.10 bits per heavy atom. The highest BCUT2D eigenvalue weighted by molar-refractivity contribution is 14.1. The molecule has 0 unspecified atom stereocenters. The van der Waals surface area contributed by atoms with Crippen LogP contribution >= 0.6 is 29.7 Å². The minimum Gasteiger partial charge on any atom is -0.495 e. The van der Waals surface area contributed by atoms with Crippen molar-refractivity contribution in [1.29, 1.82) is 0 Å². The van der Waals surface area contributed by atoms with Crippen LogP contribution in [0.2, 0.25) is 0 Å². The monoisotopic (exact) mass is 698 g/mol. The van der Waals surface area contributed by atoms with E-state index < -0.39 is 22.2 Å². The van der Waals surface area contributed by atoms with Crippen LogP contribution in [0.4, 0.5) is 27.9 Å². The lowest BCUT2D eigenvalue weighted by Gasteiger charge is -2.32. The van der Waals surface area contributed by atoms with Gasteiger partial charge in [0.2, 0.25) is 5.95 Å². The van der Waals surface area contributed by atoms with Crippen molar-refractivity contribution in [1.82, 2.24) is 20.2 Å². The highest BCUT2D eigenvalue weighted by Gasteiger charge is 2.32. The van der Waals surface area contributed by atoms with Crippen LogP contribution in [0.5, 0.6) is 5.75 Å². The average molecular weight is 699 g/mol. The third-order valence-electron chi connectivity index (χ3n) is 6.68. The maximum atomic E-state index is 13.7. The number of hydrogen-bond acceptors (Lipinski definition) is 9. The molecule has 2 amide bonds. The number of para-hydroxylation sites is 1. The molecule has 0 radical (unpaired) electrons. The van der Waals surface area contributed by atoms with Gasteiger partial charge in [0.15, 0.2) is 9.84 Å². The van der Waals surface area contributed by atoms with E-state index in [0.717, 1.165) is 0 Å². The molecule has 1 aliphatic heterocycles. The summed E-state index contributed by atoms with van der Waals surface area (Å²) in [5, 5.41) is 9.03. The summed E-state index contributed by atoms with van der Waals surface area (Å²) >= 11 is 2.08. The number of benzene rings is 2. The van der Waals surface area contributed by atoms with Gasteiger partial charge < -0.3 is 30.2 Å². The van der Waals surface area contributed by atoms with E-state index in [-0.39, 0.29) is 16.9 Å². The number of aromatic nitrogens is 2. The van der Waals surface area contributed by atoms with Crippen LogP contribution in [0, 0.1) is 3.57 Å². The normalized spacial score (nSPS) is 15.0. The number of rotatable bonds is 8. The maximum Gasteiger partial charge on any atom is 0.317 e. The SMILES string of the molecule is CNC(=O)N1CCP(=O)(c2ccc(Nc3ncc(I)c(Nc4ccccc4S(=O)(=O)C(C)C)n3)c(OC)c2)CC1. The standard InChI is InChI=1S/C26H32IN6O5PS/c1-17(2)40(36,37)23-8-6-5-7-21(23)30-24-19(27)16-29-25(32-24)31-20-10-9-18(15-22(20)38-4)39(35)13-11-33(12-14-39)26(34)28-3/h5-10,15-17H,11-14H2,1-4H3,(H,28,34)(H2,29,30,31,32). The molecule has 0 aliphatic carbocycles. The average Bonchev–Trinajstić information content (AvgIpc) is 2.95. The lowest BCUT2D eigenvalue weighted by molar-refractivity contribution is 0.204. The molecule has 3 aromatic rings. The molecule has 14 heteroatoms. The predicted molar refractivity (Wildman–Crippen MR) is 166 cm³/mol. The van der Waals surface area contributed by atoms with E-state index in [1.54, 1.807) is 74.5 Å². The molecule has 40 heavy (non-hydrogen) atoms. The van der Waals surface area contributed by atoms with Crippen LogP contribution in [0.3, 0.4) is 0 Å². The van der Waals surface area contributed by atoms with Gasteiger partial charge >= 0.3 is 6.03 Å². The van der Waals surface area contributed by atoms with Gasteiger partial charge in [-0.05, 0) is 66.8 Å². The van der Waals surface area contributed by atoms with Gasteiger partial charge in [-0.2, -0.15) is 4.98 Å². The fraction of sp³-hybridized carbons (Fsp3) is 0.346. The van der Waals surface area contributed by atoms with Crippen molar-refractivity contribution in [2.75, 3.05) is 50.2 Å². The summed E-state index contributed by atoms with van der Waals surface area (Å²) in [5.41, 5.74) is 1.00. The minimum absolute atomic E-state index is 0.167. The number of sulfone groups is 1. The van der Waals surface area contributed by atoms with E-state index in [9.17, 15) is 17.8 Å².